The van der Waals surface area contributed by atoms with Gasteiger partial charge in [0.2, 0.25) is 0 Å². The van der Waals surface area contributed by atoms with Gasteiger partial charge in [0.15, 0.2) is 0 Å². The first kappa shape index (κ1) is 11.6. The van der Waals surface area contributed by atoms with Crippen molar-refractivity contribution in [3.05, 3.63) is 39.4 Å². The van der Waals surface area contributed by atoms with Crippen LogP contribution in [0.5, 0.6) is 0 Å². The SMILES string of the molecule is CC#CCN1CCc2ccc([N+](=O)[O-])cc2C1. The molecule has 1 aromatic rings. The number of rotatable bonds is 2. The smallest absolute Gasteiger partial charge is 0.269 e. The molecule has 0 N–H and O–H groups in total. The van der Waals surface area contributed by atoms with E-state index in [0.717, 1.165) is 31.6 Å². The molecule has 17 heavy (non-hydrogen) atoms. The van der Waals surface area contributed by atoms with Crippen LogP contribution < -0.4 is 0 Å². The van der Waals surface area contributed by atoms with E-state index in [0.29, 0.717) is 0 Å². The summed E-state index contributed by atoms with van der Waals surface area (Å²) < 4.78 is 0. The Kier molecular flexibility index (Phi) is 3.40. The van der Waals surface area contributed by atoms with Crippen molar-refractivity contribution in [1.82, 2.24) is 4.90 Å². The third-order valence-corrected chi connectivity index (χ3v) is 2.97. The van der Waals surface area contributed by atoms with Crippen LogP contribution in [0.15, 0.2) is 18.2 Å². The zero-order chi connectivity index (χ0) is 12.3. The van der Waals surface area contributed by atoms with Crippen LogP contribution in [-0.2, 0) is 13.0 Å². The van der Waals surface area contributed by atoms with Crippen molar-refractivity contribution < 1.29 is 4.92 Å². The highest BCUT2D eigenvalue weighted by Crippen LogP contribution is 2.23. The topological polar surface area (TPSA) is 46.4 Å². The Morgan fingerprint density at radius 2 is 2.29 bits per heavy atom. The highest BCUT2D eigenvalue weighted by atomic mass is 16.6. The van der Waals surface area contributed by atoms with E-state index in [-0.39, 0.29) is 10.6 Å². The average Bonchev–Trinajstić information content (AvgIpc) is 2.35. The van der Waals surface area contributed by atoms with Gasteiger partial charge in [-0.05, 0) is 24.5 Å². The van der Waals surface area contributed by atoms with Crippen molar-refractivity contribution in [3.63, 3.8) is 0 Å². The second kappa shape index (κ2) is 4.98. The molecular weight excluding hydrogens is 216 g/mol. The molecule has 4 heteroatoms. The minimum Gasteiger partial charge on any atom is -0.288 e. The van der Waals surface area contributed by atoms with E-state index in [1.165, 1.54) is 5.56 Å². The minimum atomic E-state index is -0.342. The Bertz CT molecular complexity index is 500. The lowest BCUT2D eigenvalue weighted by atomic mass is 9.99. The van der Waals surface area contributed by atoms with E-state index in [1.807, 2.05) is 13.0 Å². The Morgan fingerprint density at radius 3 is 3.00 bits per heavy atom. The van der Waals surface area contributed by atoms with E-state index < -0.39 is 0 Å². The quantitative estimate of drug-likeness (QED) is 0.443. The molecule has 0 saturated heterocycles. The molecule has 0 fully saturated rings. The Hall–Kier alpha value is -1.86. The van der Waals surface area contributed by atoms with Gasteiger partial charge in [-0.3, -0.25) is 15.0 Å². The van der Waals surface area contributed by atoms with E-state index in [9.17, 15) is 10.1 Å². The molecule has 0 saturated carbocycles. The molecule has 1 aliphatic heterocycles. The summed E-state index contributed by atoms with van der Waals surface area (Å²) in [5, 5.41) is 10.7. The predicted octanol–water partition coefficient (Wildman–Crippen LogP) is 1.98. The van der Waals surface area contributed by atoms with Gasteiger partial charge in [-0.1, -0.05) is 12.0 Å². The van der Waals surface area contributed by atoms with Gasteiger partial charge in [-0.2, -0.15) is 0 Å². The summed E-state index contributed by atoms with van der Waals surface area (Å²) in [6.45, 7) is 4.28. The van der Waals surface area contributed by atoms with Gasteiger partial charge < -0.3 is 0 Å². The molecule has 0 unspecified atom stereocenters. The highest BCUT2D eigenvalue weighted by Gasteiger charge is 2.18. The maximum Gasteiger partial charge on any atom is 0.269 e. The number of nitrogens with zero attached hydrogens (tertiary/aromatic N) is 2. The largest absolute Gasteiger partial charge is 0.288 e. The van der Waals surface area contributed by atoms with Gasteiger partial charge in [0.1, 0.15) is 0 Å². The fraction of sp³-hybridized carbons (Fsp3) is 0.385. The fourth-order valence-corrected chi connectivity index (χ4v) is 2.04. The number of non-ortho nitro benzene ring substituents is 1. The Balaban J connectivity index is 2.19. The van der Waals surface area contributed by atoms with Crippen LogP contribution in [-0.4, -0.2) is 22.9 Å². The van der Waals surface area contributed by atoms with Crippen LogP contribution in [0.2, 0.25) is 0 Å². The van der Waals surface area contributed by atoms with Gasteiger partial charge in [-0.25, -0.2) is 0 Å². The Labute approximate surface area is 100 Å². The lowest BCUT2D eigenvalue weighted by Gasteiger charge is -2.26. The highest BCUT2D eigenvalue weighted by molar-refractivity contribution is 5.41. The number of fused-ring (bicyclic) bond motifs is 1. The molecule has 0 aromatic heterocycles. The van der Waals surface area contributed by atoms with Crippen LogP contribution in [0.1, 0.15) is 18.1 Å². The monoisotopic (exact) mass is 230 g/mol. The third kappa shape index (κ3) is 2.63. The van der Waals surface area contributed by atoms with Crippen molar-refractivity contribution in [2.75, 3.05) is 13.1 Å². The zero-order valence-electron chi connectivity index (χ0n) is 9.77. The summed E-state index contributed by atoms with van der Waals surface area (Å²) >= 11 is 0. The molecule has 0 aliphatic carbocycles. The number of nitro benzene ring substituents is 1. The molecule has 88 valence electrons. The molecule has 1 aliphatic rings. The van der Waals surface area contributed by atoms with Crippen molar-refractivity contribution in [1.29, 1.82) is 0 Å². The number of hydrogen-bond acceptors (Lipinski definition) is 3. The van der Waals surface area contributed by atoms with Gasteiger partial charge in [0.25, 0.3) is 5.69 Å². The molecule has 0 radical (unpaired) electrons. The van der Waals surface area contributed by atoms with Gasteiger partial charge in [0, 0.05) is 25.2 Å². The van der Waals surface area contributed by atoms with Crippen LogP contribution >= 0.6 is 0 Å². The molecule has 1 aromatic carbocycles. The average molecular weight is 230 g/mol. The molecule has 0 spiro atoms. The normalized spacial score (nSPS) is 14.6. The van der Waals surface area contributed by atoms with Crippen molar-refractivity contribution >= 4 is 5.69 Å². The number of benzene rings is 1. The lowest BCUT2D eigenvalue weighted by molar-refractivity contribution is -0.385. The van der Waals surface area contributed by atoms with E-state index >= 15 is 0 Å². The Morgan fingerprint density at radius 1 is 1.47 bits per heavy atom. The maximum atomic E-state index is 10.7. The third-order valence-electron chi connectivity index (χ3n) is 2.97. The standard InChI is InChI=1S/C13H14N2O2/c1-2-3-7-14-8-6-11-4-5-13(15(16)17)9-12(11)10-14/h4-5,9H,6-8,10H2,1H3. The summed E-state index contributed by atoms with van der Waals surface area (Å²) in [6.07, 6.45) is 0.943. The molecule has 1 heterocycles. The van der Waals surface area contributed by atoms with Crippen molar-refractivity contribution in [2.45, 2.75) is 19.9 Å². The van der Waals surface area contributed by atoms with E-state index in [1.54, 1.807) is 12.1 Å². The summed E-state index contributed by atoms with van der Waals surface area (Å²) in [7, 11) is 0. The molecule has 0 bridgehead atoms. The van der Waals surface area contributed by atoms with Crippen LogP contribution in [0, 0.1) is 22.0 Å². The lowest BCUT2D eigenvalue weighted by Crippen LogP contribution is -2.30. The first-order valence-electron chi connectivity index (χ1n) is 5.59. The van der Waals surface area contributed by atoms with Crippen LogP contribution in [0.25, 0.3) is 0 Å². The van der Waals surface area contributed by atoms with Crippen molar-refractivity contribution in [3.8, 4) is 11.8 Å². The van der Waals surface area contributed by atoms with E-state index in [2.05, 4.69) is 16.7 Å². The van der Waals surface area contributed by atoms with E-state index in [4.69, 9.17) is 0 Å². The second-order valence-electron chi connectivity index (χ2n) is 4.10. The van der Waals surface area contributed by atoms with Gasteiger partial charge >= 0.3 is 0 Å². The summed E-state index contributed by atoms with van der Waals surface area (Å²) in [5.74, 6) is 5.90. The first-order valence-corrected chi connectivity index (χ1v) is 5.59. The molecule has 4 nitrogen and oxygen atoms in total. The van der Waals surface area contributed by atoms with Crippen molar-refractivity contribution in [2.24, 2.45) is 0 Å². The molecule has 0 amide bonds. The number of hydrogen-bond donors (Lipinski definition) is 0. The summed E-state index contributed by atoms with van der Waals surface area (Å²) in [4.78, 5) is 12.6. The summed E-state index contributed by atoms with van der Waals surface area (Å²) in [5.41, 5.74) is 2.45. The maximum absolute atomic E-state index is 10.7. The minimum absolute atomic E-state index is 0.173. The number of nitro groups is 1. The predicted molar refractivity (Wildman–Crippen MR) is 65.5 cm³/mol. The van der Waals surface area contributed by atoms with Gasteiger partial charge in [-0.15, -0.1) is 5.92 Å². The summed E-state index contributed by atoms with van der Waals surface area (Å²) in [6, 6.07) is 5.14. The van der Waals surface area contributed by atoms with Crippen LogP contribution in [0.3, 0.4) is 0 Å². The van der Waals surface area contributed by atoms with Gasteiger partial charge in [0.05, 0.1) is 11.5 Å². The molecular formula is C13H14N2O2. The molecule has 2 rings (SSSR count). The first-order chi connectivity index (χ1) is 8.20. The fourth-order valence-electron chi connectivity index (χ4n) is 2.04. The molecule has 0 atom stereocenters. The van der Waals surface area contributed by atoms with Crippen LogP contribution in [0.4, 0.5) is 5.69 Å². The second-order valence-corrected chi connectivity index (χ2v) is 4.10. The zero-order valence-corrected chi connectivity index (χ0v) is 9.77.